The van der Waals surface area contributed by atoms with Crippen LogP contribution in [0, 0.1) is 17.5 Å². The first-order valence-electron chi connectivity index (χ1n) is 8.40. The highest BCUT2D eigenvalue weighted by Crippen LogP contribution is 2.30. The highest BCUT2D eigenvalue weighted by molar-refractivity contribution is 5.66. The van der Waals surface area contributed by atoms with Crippen LogP contribution in [0.15, 0.2) is 36.4 Å². The number of carboxylic acid groups (broad SMARTS) is 1. The number of hydrogen-bond acceptors (Lipinski definition) is 4. The summed E-state index contributed by atoms with van der Waals surface area (Å²) in [6, 6.07) is 7.59. The number of carboxylic acids is 1. The van der Waals surface area contributed by atoms with Crippen LogP contribution in [0.25, 0.3) is 0 Å². The topological polar surface area (TPSA) is 59.0 Å². The zero-order valence-electron chi connectivity index (χ0n) is 14.3. The van der Waals surface area contributed by atoms with Crippen molar-refractivity contribution in [3.63, 3.8) is 0 Å². The second-order valence-corrected chi connectivity index (χ2v) is 6.17. The number of ether oxygens (including phenoxy) is 2. The van der Waals surface area contributed by atoms with E-state index in [0.717, 1.165) is 5.56 Å². The van der Waals surface area contributed by atoms with Gasteiger partial charge in [0, 0.05) is 31.8 Å². The van der Waals surface area contributed by atoms with Crippen molar-refractivity contribution in [2.75, 3.05) is 26.2 Å². The molecule has 27 heavy (non-hydrogen) atoms. The Balaban J connectivity index is 1.66. The van der Waals surface area contributed by atoms with E-state index in [0.29, 0.717) is 38.4 Å². The van der Waals surface area contributed by atoms with Crippen LogP contribution in [0.4, 0.5) is 13.2 Å². The SMILES string of the molecule is O=C(O)CCN1CCOC(c2ccc(Oc3c(F)cc(F)cc3F)cc2)C1. The van der Waals surface area contributed by atoms with Crippen molar-refractivity contribution in [3.8, 4) is 11.5 Å². The molecule has 0 bridgehead atoms. The van der Waals surface area contributed by atoms with Gasteiger partial charge in [-0.15, -0.1) is 0 Å². The van der Waals surface area contributed by atoms with Crippen LogP contribution in [-0.2, 0) is 9.53 Å². The molecular formula is C19H18F3NO4. The average molecular weight is 381 g/mol. The summed E-state index contributed by atoms with van der Waals surface area (Å²) in [7, 11) is 0. The molecule has 1 unspecified atom stereocenters. The monoisotopic (exact) mass is 381 g/mol. The van der Waals surface area contributed by atoms with Crippen molar-refractivity contribution < 1.29 is 32.5 Å². The molecule has 144 valence electrons. The molecule has 0 saturated carbocycles. The van der Waals surface area contributed by atoms with Crippen LogP contribution >= 0.6 is 0 Å². The van der Waals surface area contributed by atoms with Crippen LogP contribution < -0.4 is 4.74 Å². The third-order valence-corrected chi connectivity index (χ3v) is 4.23. The number of carbonyl (C=O) groups is 1. The second-order valence-electron chi connectivity index (χ2n) is 6.17. The van der Waals surface area contributed by atoms with Crippen molar-refractivity contribution >= 4 is 5.97 Å². The van der Waals surface area contributed by atoms with Crippen molar-refractivity contribution in [1.82, 2.24) is 4.90 Å². The van der Waals surface area contributed by atoms with E-state index in [1.54, 1.807) is 12.1 Å². The number of halogens is 3. The van der Waals surface area contributed by atoms with Gasteiger partial charge in [-0.2, -0.15) is 0 Å². The molecule has 0 aliphatic carbocycles. The Morgan fingerprint density at radius 1 is 1.19 bits per heavy atom. The molecule has 0 amide bonds. The van der Waals surface area contributed by atoms with E-state index in [1.165, 1.54) is 12.1 Å². The molecule has 8 heteroatoms. The lowest BCUT2D eigenvalue weighted by molar-refractivity contribution is -0.137. The van der Waals surface area contributed by atoms with Crippen molar-refractivity contribution in [2.24, 2.45) is 0 Å². The third kappa shape index (κ3) is 4.99. The molecule has 3 rings (SSSR count). The van der Waals surface area contributed by atoms with Crippen LogP contribution in [0.3, 0.4) is 0 Å². The molecule has 0 aromatic heterocycles. The summed E-state index contributed by atoms with van der Waals surface area (Å²) in [5.74, 6) is -4.59. The van der Waals surface area contributed by atoms with E-state index in [9.17, 15) is 18.0 Å². The largest absolute Gasteiger partial charge is 0.481 e. The summed E-state index contributed by atoms with van der Waals surface area (Å²) in [5, 5.41) is 8.79. The summed E-state index contributed by atoms with van der Waals surface area (Å²) in [6.07, 6.45) is -0.172. The molecule has 0 spiro atoms. The van der Waals surface area contributed by atoms with Gasteiger partial charge in [0.1, 0.15) is 11.6 Å². The minimum absolute atomic E-state index is 0.0638. The van der Waals surface area contributed by atoms with E-state index in [2.05, 4.69) is 0 Å². The van der Waals surface area contributed by atoms with Gasteiger partial charge in [-0.3, -0.25) is 9.69 Å². The van der Waals surface area contributed by atoms with Crippen LogP contribution in [0.5, 0.6) is 11.5 Å². The smallest absolute Gasteiger partial charge is 0.304 e. The molecule has 1 aliphatic rings. The lowest BCUT2D eigenvalue weighted by atomic mass is 10.1. The fourth-order valence-electron chi connectivity index (χ4n) is 2.86. The van der Waals surface area contributed by atoms with E-state index in [1.807, 2.05) is 4.90 Å². The molecule has 1 N–H and O–H groups in total. The number of rotatable bonds is 6. The molecule has 1 saturated heterocycles. The maximum atomic E-state index is 13.7. The fourth-order valence-corrected chi connectivity index (χ4v) is 2.86. The quantitative estimate of drug-likeness (QED) is 0.826. The van der Waals surface area contributed by atoms with Crippen LogP contribution in [0.1, 0.15) is 18.1 Å². The normalized spacial score (nSPS) is 17.7. The Morgan fingerprint density at radius 3 is 2.48 bits per heavy atom. The second kappa shape index (κ2) is 8.41. The minimum Gasteiger partial charge on any atom is -0.481 e. The van der Waals surface area contributed by atoms with Gasteiger partial charge in [0.05, 0.1) is 19.1 Å². The van der Waals surface area contributed by atoms with E-state index < -0.39 is 29.2 Å². The molecular weight excluding hydrogens is 363 g/mol. The first-order chi connectivity index (χ1) is 12.9. The number of hydrogen-bond donors (Lipinski definition) is 1. The van der Waals surface area contributed by atoms with Crippen LogP contribution in [0.2, 0.25) is 0 Å². The van der Waals surface area contributed by atoms with Crippen molar-refractivity contribution in [2.45, 2.75) is 12.5 Å². The zero-order valence-corrected chi connectivity index (χ0v) is 14.3. The lowest BCUT2D eigenvalue weighted by Crippen LogP contribution is -2.39. The predicted octanol–water partition coefficient (Wildman–Crippen LogP) is 3.74. The standard InChI is InChI=1S/C19H18F3NO4/c20-13-9-15(21)19(16(22)10-13)27-14-3-1-12(2-4-14)17-11-23(7-8-26-17)6-5-18(24)25/h1-4,9-10,17H,5-8,11H2,(H,24,25). The van der Waals surface area contributed by atoms with Gasteiger partial charge in [0.25, 0.3) is 0 Å². The Labute approximate surface area is 153 Å². The van der Waals surface area contributed by atoms with Gasteiger partial charge < -0.3 is 14.6 Å². The van der Waals surface area contributed by atoms with Crippen molar-refractivity contribution in [3.05, 3.63) is 59.4 Å². The van der Waals surface area contributed by atoms with Crippen molar-refractivity contribution in [1.29, 1.82) is 0 Å². The molecule has 5 nitrogen and oxygen atoms in total. The number of morpholine rings is 1. The average Bonchev–Trinajstić information content (AvgIpc) is 2.64. The highest BCUT2D eigenvalue weighted by atomic mass is 19.1. The molecule has 2 aromatic carbocycles. The summed E-state index contributed by atoms with van der Waals surface area (Å²) in [5.41, 5.74) is 0.836. The van der Waals surface area contributed by atoms with E-state index in [-0.39, 0.29) is 18.3 Å². The summed E-state index contributed by atoms with van der Waals surface area (Å²) in [4.78, 5) is 12.7. The Kier molecular flexibility index (Phi) is 5.98. The molecule has 2 aromatic rings. The molecule has 1 heterocycles. The summed E-state index contributed by atoms with van der Waals surface area (Å²) in [6.45, 7) is 2.14. The Bertz CT molecular complexity index is 790. The van der Waals surface area contributed by atoms with Gasteiger partial charge in [0.2, 0.25) is 0 Å². The Morgan fingerprint density at radius 2 is 1.85 bits per heavy atom. The molecule has 1 aliphatic heterocycles. The van der Waals surface area contributed by atoms with E-state index >= 15 is 0 Å². The van der Waals surface area contributed by atoms with Gasteiger partial charge in [-0.1, -0.05) is 12.1 Å². The summed E-state index contributed by atoms with van der Waals surface area (Å²) >= 11 is 0. The summed E-state index contributed by atoms with van der Waals surface area (Å²) < 4.78 is 51.2. The van der Waals surface area contributed by atoms with E-state index in [4.69, 9.17) is 14.6 Å². The highest BCUT2D eigenvalue weighted by Gasteiger charge is 2.22. The van der Waals surface area contributed by atoms with Gasteiger partial charge in [0.15, 0.2) is 17.4 Å². The zero-order chi connectivity index (χ0) is 19.4. The van der Waals surface area contributed by atoms with Gasteiger partial charge in [-0.25, -0.2) is 13.2 Å². The molecule has 1 fully saturated rings. The molecule has 1 atom stereocenters. The van der Waals surface area contributed by atoms with Gasteiger partial charge in [-0.05, 0) is 17.7 Å². The third-order valence-electron chi connectivity index (χ3n) is 4.23. The number of aliphatic carboxylic acids is 1. The first kappa shape index (κ1) is 19.2. The van der Waals surface area contributed by atoms with Gasteiger partial charge >= 0.3 is 5.97 Å². The maximum Gasteiger partial charge on any atom is 0.304 e. The lowest BCUT2D eigenvalue weighted by Gasteiger charge is -2.32. The fraction of sp³-hybridized carbons (Fsp3) is 0.316. The predicted molar refractivity (Wildman–Crippen MR) is 90.2 cm³/mol. The van der Waals surface area contributed by atoms with Crippen LogP contribution in [-0.4, -0.2) is 42.2 Å². The maximum absolute atomic E-state index is 13.7. The molecule has 0 radical (unpaired) electrons. The first-order valence-corrected chi connectivity index (χ1v) is 8.40. The minimum atomic E-state index is -1.12. The number of nitrogens with zero attached hydrogens (tertiary/aromatic N) is 1. The Hall–Kier alpha value is -2.58. The number of benzene rings is 2.